The maximum atomic E-state index is 11.3. The molecule has 0 aromatic carbocycles. The Morgan fingerprint density at radius 2 is 2.00 bits per heavy atom. The van der Waals surface area contributed by atoms with Crippen LogP contribution >= 0.6 is 12.2 Å². The number of thiocarbonyl (C=S) groups is 1. The summed E-state index contributed by atoms with van der Waals surface area (Å²) in [7, 11) is -2.97. The van der Waals surface area contributed by atoms with Gasteiger partial charge in [0, 0.05) is 31.9 Å². The van der Waals surface area contributed by atoms with Crippen LogP contribution in [-0.4, -0.2) is 67.4 Å². The van der Waals surface area contributed by atoms with Crippen molar-refractivity contribution in [3.63, 3.8) is 0 Å². The highest BCUT2D eigenvalue weighted by molar-refractivity contribution is 7.92. The smallest absolute Gasteiger partial charge is 0.209 e. The van der Waals surface area contributed by atoms with Crippen molar-refractivity contribution in [1.82, 2.24) is 15.1 Å². The van der Waals surface area contributed by atoms with Crippen LogP contribution in [0.4, 0.5) is 0 Å². The highest BCUT2D eigenvalue weighted by Gasteiger charge is 2.23. The first-order chi connectivity index (χ1) is 8.50. The van der Waals surface area contributed by atoms with Crippen molar-refractivity contribution in [2.45, 2.75) is 0 Å². The predicted molar refractivity (Wildman–Crippen MR) is 71.7 cm³/mol. The van der Waals surface area contributed by atoms with E-state index in [0.717, 1.165) is 6.41 Å². The molecule has 0 bridgehead atoms. The summed E-state index contributed by atoms with van der Waals surface area (Å²) in [5, 5.41) is 3.50. The molecular weight excluding hydrogens is 274 g/mol. The number of nitrogens with zero attached hydrogens (tertiary/aromatic N) is 2. The topological polar surface area (TPSA) is 69.7 Å². The number of hydrogen-bond acceptors (Lipinski definition) is 4. The standard InChI is InChI=1S/C10H15N3O3S2/c14-8-12-2-4-13(5-3-12)10(17)11-9-1-6-18(15,16)7-9/h1,8H,2-7H2,(H,11,17). The molecule has 8 heteroatoms. The fourth-order valence-electron chi connectivity index (χ4n) is 1.92. The highest BCUT2D eigenvalue weighted by atomic mass is 32.2. The van der Waals surface area contributed by atoms with Gasteiger partial charge in [-0.1, -0.05) is 0 Å². The zero-order valence-corrected chi connectivity index (χ0v) is 11.5. The number of carbonyl (C=O) groups excluding carboxylic acids is 1. The molecule has 2 aliphatic heterocycles. The van der Waals surface area contributed by atoms with E-state index in [9.17, 15) is 13.2 Å². The third-order valence-electron chi connectivity index (χ3n) is 2.98. The average Bonchev–Trinajstić information content (AvgIpc) is 2.68. The molecule has 0 aliphatic carbocycles. The van der Waals surface area contributed by atoms with Gasteiger partial charge in [-0.15, -0.1) is 0 Å². The summed E-state index contributed by atoms with van der Waals surface area (Å²) in [5.41, 5.74) is 0.651. The molecule has 1 fully saturated rings. The number of hydrogen-bond donors (Lipinski definition) is 1. The van der Waals surface area contributed by atoms with Crippen molar-refractivity contribution in [2.24, 2.45) is 0 Å². The van der Waals surface area contributed by atoms with Crippen molar-refractivity contribution >= 4 is 33.6 Å². The van der Waals surface area contributed by atoms with Gasteiger partial charge in [0.05, 0.1) is 11.5 Å². The first-order valence-electron chi connectivity index (χ1n) is 5.65. The van der Waals surface area contributed by atoms with Crippen LogP contribution in [0.2, 0.25) is 0 Å². The zero-order valence-electron chi connectivity index (χ0n) is 9.83. The lowest BCUT2D eigenvalue weighted by Crippen LogP contribution is -2.51. The Labute approximate surface area is 112 Å². The van der Waals surface area contributed by atoms with Crippen LogP contribution in [0, 0.1) is 0 Å². The Balaban J connectivity index is 1.85. The molecule has 0 unspecified atom stereocenters. The molecule has 0 radical (unpaired) electrons. The summed E-state index contributed by atoms with van der Waals surface area (Å²) in [6.07, 6.45) is 2.49. The second-order valence-electron chi connectivity index (χ2n) is 4.34. The van der Waals surface area contributed by atoms with Crippen molar-refractivity contribution in [1.29, 1.82) is 0 Å². The second kappa shape index (κ2) is 5.23. The van der Waals surface area contributed by atoms with Gasteiger partial charge in [-0.2, -0.15) is 0 Å². The minimum atomic E-state index is -2.97. The number of amides is 1. The lowest BCUT2D eigenvalue weighted by Gasteiger charge is -2.34. The van der Waals surface area contributed by atoms with Crippen molar-refractivity contribution < 1.29 is 13.2 Å². The molecule has 0 saturated carbocycles. The number of carbonyl (C=O) groups is 1. The van der Waals surface area contributed by atoms with Gasteiger partial charge in [-0.25, -0.2) is 8.42 Å². The zero-order chi connectivity index (χ0) is 13.2. The minimum Gasteiger partial charge on any atom is -0.345 e. The van der Waals surface area contributed by atoms with Crippen molar-refractivity contribution in [3.05, 3.63) is 11.8 Å². The monoisotopic (exact) mass is 289 g/mol. The van der Waals surface area contributed by atoms with E-state index >= 15 is 0 Å². The third-order valence-corrected chi connectivity index (χ3v) is 4.76. The molecule has 100 valence electrons. The maximum Gasteiger partial charge on any atom is 0.209 e. The Hall–Kier alpha value is -1.15. The van der Waals surface area contributed by atoms with E-state index in [1.54, 1.807) is 11.0 Å². The number of sulfone groups is 1. The van der Waals surface area contributed by atoms with E-state index in [0.29, 0.717) is 37.0 Å². The van der Waals surface area contributed by atoms with Crippen LogP contribution in [0.5, 0.6) is 0 Å². The summed E-state index contributed by atoms with van der Waals surface area (Å²) >= 11 is 5.23. The van der Waals surface area contributed by atoms with Gasteiger partial charge in [-0.05, 0) is 18.3 Å². The van der Waals surface area contributed by atoms with Crippen LogP contribution in [0.3, 0.4) is 0 Å². The van der Waals surface area contributed by atoms with Crippen molar-refractivity contribution in [3.8, 4) is 0 Å². The molecule has 0 atom stereocenters. The van der Waals surface area contributed by atoms with Crippen LogP contribution in [-0.2, 0) is 14.6 Å². The van der Waals surface area contributed by atoms with Gasteiger partial charge in [0.15, 0.2) is 14.9 Å². The molecule has 2 rings (SSSR count). The number of rotatable bonds is 2. The molecule has 1 amide bonds. The van der Waals surface area contributed by atoms with Crippen LogP contribution in [0.15, 0.2) is 11.8 Å². The number of nitrogens with one attached hydrogen (secondary N) is 1. The fourth-order valence-corrected chi connectivity index (χ4v) is 3.47. The largest absolute Gasteiger partial charge is 0.345 e. The molecule has 0 spiro atoms. The lowest BCUT2D eigenvalue weighted by atomic mass is 10.3. The van der Waals surface area contributed by atoms with Crippen molar-refractivity contribution in [2.75, 3.05) is 37.7 Å². The first-order valence-corrected chi connectivity index (χ1v) is 7.88. The van der Waals surface area contributed by atoms with E-state index in [4.69, 9.17) is 12.2 Å². The summed E-state index contributed by atoms with van der Waals surface area (Å²) in [5.74, 6) is 0.109. The summed E-state index contributed by atoms with van der Waals surface area (Å²) < 4.78 is 22.6. The Morgan fingerprint density at radius 1 is 1.33 bits per heavy atom. The van der Waals surface area contributed by atoms with E-state index in [2.05, 4.69) is 5.32 Å². The Morgan fingerprint density at radius 3 is 2.50 bits per heavy atom. The number of piperazine rings is 1. The van der Waals surface area contributed by atoms with Crippen LogP contribution in [0.1, 0.15) is 0 Å². The van der Waals surface area contributed by atoms with Gasteiger partial charge in [-0.3, -0.25) is 4.79 Å². The normalized spacial score (nSPS) is 22.6. The Kier molecular flexibility index (Phi) is 3.86. The second-order valence-corrected chi connectivity index (χ2v) is 6.84. The van der Waals surface area contributed by atoms with E-state index in [-0.39, 0.29) is 11.5 Å². The molecule has 6 nitrogen and oxygen atoms in total. The molecule has 1 saturated heterocycles. The molecule has 1 N–H and O–H groups in total. The average molecular weight is 289 g/mol. The van der Waals surface area contributed by atoms with E-state index in [1.165, 1.54) is 0 Å². The lowest BCUT2D eigenvalue weighted by molar-refractivity contribution is -0.119. The minimum absolute atomic E-state index is 0.0292. The van der Waals surface area contributed by atoms with Crippen LogP contribution < -0.4 is 5.32 Å². The van der Waals surface area contributed by atoms with E-state index < -0.39 is 9.84 Å². The SMILES string of the molecule is O=CN1CCN(C(=S)NC2=CCS(=O)(=O)C2)CC1. The molecule has 2 heterocycles. The molecule has 0 aromatic rings. The molecular formula is C10H15N3O3S2. The van der Waals surface area contributed by atoms with Gasteiger partial charge in [0.25, 0.3) is 0 Å². The van der Waals surface area contributed by atoms with Gasteiger partial charge in [0.1, 0.15) is 0 Å². The summed E-state index contributed by atoms with van der Waals surface area (Å²) in [4.78, 5) is 14.2. The third kappa shape index (κ3) is 3.20. The van der Waals surface area contributed by atoms with Gasteiger partial charge in [0.2, 0.25) is 6.41 Å². The fraction of sp³-hybridized carbons (Fsp3) is 0.600. The van der Waals surface area contributed by atoms with Crippen LogP contribution in [0.25, 0.3) is 0 Å². The summed E-state index contributed by atoms with van der Waals surface area (Å²) in [6, 6.07) is 0. The van der Waals surface area contributed by atoms with E-state index in [1.807, 2.05) is 4.90 Å². The highest BCUT2D eigenvalue weighted by Crippen LogP contribution is 2.09. The molecule has 18 heavy (non-hydrogen) atoms. The predicted octanol–water partition coefficient (Wildman–Crippen LogP) is -1.05. The van der Waals surface area contributed by atoms with Gasteiger partial charge >= 0.3 is 0 Å². The van der Waals surface area contributed by atoms with Gasteiger partial charge < -0.3 is 15.1 Å². The molecule has 0 aromatic heterocycles. The Bertz CT molecular complexity index is 479. The quantitative estimate of drug-likeness (QED) is 0.517. The first kappa shape index (κ1) is 13.3. The summed E-state index contributed by atoms with van der Waals surface area (Å²) in [6.45, 7) is 2.63. The molecule has 2 aliphatic rings. The maximum absolute atomic E-state index is 11.3.